The van der Waals surface area contributed by atoms with Gasteiger partial charge in [-0.3, -0.25) is 9.59 Å². The summed E-state index contributed by atoms with van der Waals surface area (Å²) in [5.74, 6) is 5.93. The molecule has 0 aliphatic carbocycles. The van der Waals surface area contributed by atoms with E-state index in [2.05, 4.69) is 5.10 Å². The predicted molar refractivity (Wildman–Crippen MR) is 160 cm³/mol. The number of carbonyl (C=O) groups excluding carboxylic acids is 1. The number of hydrogen-bond acceptors (Lipinski definition) is 7. The maximum atomic E-state index is 13.7. The van der Waals surface area contributed by atoms with Crippen LogP contribution < -0.4 is 20.1 Å². The molecule has 0 atom stereocenters. The van der Waals surface area contributed by atoms with Crippen molar-refractivity contribution in [2.24, 2.45) is 10.9 Å². The molecule has 0 aliphatic rings. The highest BCUT2D eigenvalue weighted by Gasteiger charge is 2.28. The van der Waals surface area contributed by atoms with Crippen LogP contribution in [-0.4, -0.2) is 60.0 Å². The lowest BCUT2D eigenvalue weighted by Crippen LogP contribution is -2.42. The predicted octanol–water partition coefficient (Wildman–Crippen LogP) is 5.92. The molecule has 9 nitrogen and oxygen atoms in total. The van der Waals surface area contributed by atoms with Crippen molar-refractivity contribution in [3.8, 4) is 17.2 Å². The van der Waals surface area contributed by atoms with E-state index < -0.39 is 5.97 Å². The van der Waals surface area contributed by atoms with Gasteiger partial charge in [-0.2, -0.15) is 5.10 Å². The summed E-state index contributed by atoms with van der Waals surface area (Å²) in [6.07, 6.45) is 5.35. The summed E-state index contributed by atoms with van der Waals surface area (Å²) in [6.45, 7) is 9.31. The number of carbonyl (C=O) groups is 2. The molecule has 3 N–H and O–H groups in total. The molecule has 0 unspecified atom stereocenters. The topological polar surface area (TPSA) is 124 Å². The third-order valence-electron chi connectivity index (χ3n) is 6.01. The molecule has 0 saturated carbocycles. The molecule has 0 saturated heterocycles. The highest BCUT2D eigenvalue weighted by molar-refractivity contribution is 6.00. The van der Waals surface area contributed by atoms with Gasteiger partial charge in [0.05, 0.1) is 26.0 Å². The van der Waals surface area contributed by atoms with Crippen LogP contribution in [0.2, 0.25) is 0 Å². The fourth-order valence-corrected chi connectivity index (χ4v) is 4.21. The van der Waals surface area contributed by atoms with Crippen molar-refractivity contribution in [2.45, 2.75) is 78.3 Å². The number of amides is 1. The van der Waals surface area contributed by atoms with E-state index in [1.54, 1.807) is 18.3 Å². The molecule has 1 amide bonds. The number of unbranched alkanes of at least 4 members (excludes halogenated alkanes) is 3. The number of nitrogens with two attached hydrogens (primary N) is 1. The first-order valence-electron chi connectivity index (χ1n) is 13.6. The number of benzene rings is 2. The van der Waals surface area contributed by atoms with E-state index >= 15 is 0 Å². The van der Waals surface area contributed by atoms with Gasteiger partial charge in [-0.25, -0.2) is 0 Å². The number of carboxylic acids is 1. The second-order valence-electron chi connectivity index (χ2n) is 9.83. The lowest BCUT2D eigenvalue weighted by molar-refractivity contribution is -0.137. The second-order valence-corrected chi connectivity index (χ2v) is 9.83. The van der Waals surface area contributed by atoms with Crippen molar-refractivity contribution in [3.63, 3.8) is 0 Å². The third-order valence-corrected chi connectivity index (χ3v) is 6.01. The van der Waals surface area contributed by atoms with Crippen LogP contribution in [0.5, 0.6) is 17.2 Å². The first-order valence-corrected chi connectivity index (χ1v) is 13.6. The average Bonchev–Trinajstić information content (AvgIpc) is 2.88. The van der Waals surface area contributed by atoms with Gasteiger partial charge in [-0.15, -0.1) is 12.4 Å². The fraction of sp³-hybridized carbons (Fsp3) is 0.500. The molecule has 0 spiro atoms. The van der Waals surface area contributed by atoms with E-state index in [0.717, 1.165) is 30.6 Å². The first-order chi connectivity index (χ1) is 18.7. The van der Waals surface area contributed by atoms with E-state index in [9.17, 15) is 9.59 Å². The van der Waals surface area contributed by atoms with Crippen molar-refractivity contribution < 1.29 is 28.9 Å². The Morgan fingerprint density at radius 3 is 1.88 bits per heavy atom. The molecule has 40 heavy (non-hydrogen) atoms. The van der Waals surface area contributed by atoms with Crippen molar-refractivity contribution in [1.29, 1.82) is 0 Å². The Morgan fingerprint density at radius 2 is 1.38 bits per heavy atom. The highest BCUT2D eigenvalue weighted by Crippen LogP contribution is 2.32. The number of hydrazone groups is 1. The summed E-state index contributed by atoms with van der Waals surface area (Å²) in [7, 11) is 0. The summed E-state index contributed by atoms with van der Waals surface area (Å²) in [4.78, 5) is 26.3. The normalized spacial score (nSPS) is 10.9. The minimum atomic E-state index is -0.829. The zero-order valence-corrected chi connectivity index (χ0v) is 24.8. The smallest absolute Gasteiger partial charge is 0.303 e. The Balaban J connectivity index is 0.00000800. The average molecular weight is 578 g/mol. The molecular weight excluding hydrogens is 534 g/mol. The molecule has 0 aliphatic heterocycles. The van der Waals surface area contributed by atoms with Crippen LogP contribution in [0.3, 0.4) is 0 Å². The van der Waals surface area contributed by atoms with E-state index in [-0.39, 0.29) is 36.8 Å². The van der Waals surface area contributed by atoms with Crippen LogP contribution in [0.25, 0.3) is 0 Å². The van der Waals surface area contributed by atoms with Crippen molar-refractivity contribution >= 4 is 30.5 Å². The van der Waals surface area contributed by atoms with Gasteiger partial charge in [0.2, 0.25) is 0 Å². The summed E-state index contributed by atoms with van der Waals surface area (Å²) >= 11 is 0. The number of nitrogens with zero attached hydrogens (tertiary/aromatic N) is 2. The molecule has 2 rings (SSSR count). The van der Waals surface area contributed by atoms with Crippen LogP contribution in [0, 0.1) is 0 Å². The van der Waals surface area contributed by atoms with Gasteiger partial charge in [0.25, 0.3) is 5.91 Å². The van der Waals surface area contributed by atoms with Gasteiger partial charge < -0.3 is 30.1 Å². The Hall–Kier alpha value is -3.46. The molecule has 0 aromatic heterocycles. The van der Waals surface area contributed by atoms with Gasteiger partial charge >= 0.3 is 5.97 Å². The highest BCUT2D eigenvalue weighted by atomic mass is 35.5. The van der Waals surface area contributed by atoms with Gasteiger partial charge in [0, 0.05) is 18.5 Å². The maximum Gasteiger partial charge on any atom is 0.303 e. The van der Waals surface area contributed by atoms with E-state index in [1.807, 2.05) is 62.9 Å². The largest absolute Gasteiger partial charge is 0.494 e. The van der Waals surface area contributed by atoms with Gasteiger partial charge in [-0.1, -0.05) is 6.07 Å². The summed E-state index contributed by atoms with van der Waals surface area (Å²) in [5, 5.41) is 12.4. The minimum Gasteiger partial charge on any atom is -0.494 e. The van der Waals surface area contributed by atoms with E-state index in [4.69, 9.17) is 25.2 Å². The van der Waals surface area contributed by atoms with Crippen molar-refractivity contribution in [1.82, 2.24) is 4.90 Å². The molecule has 2 aromatic carbocycles. The lowest BCUT2D eigenvalue weighted by Gasteiger charge is -2.32. The number of ether oxygens (including phenoxy) is 3. The quantitative estimate of drug-likeness (QED) is 0.0975. The van der Waals surface area contributed by atoms with E-state index in [1.165, 1.54) is 0 Å². The Bertz CT molecular complexity index is 1050. The zero-order valence-electron chi connectivity index (χ0n) is 24.0. The number of rotatable bonds is 18. The Labute approximate surface area is 244 Å². The number of halogens is 1. The fourth-order valence-electron chi connectivity index (χ4n) is 4.21. The second kappa shape index (κ2) is 18.8. The summed E-state index contributed by atoms with van der Waals surface area (Å²) in [5.41, 5.74) is 1.32. The van der Waals surface area contributed by atoms with Crippen LogP contribution >= 0.6 is 12.4 Å². The molecule has 222 valence electrons. The zero-order chi connectivity index (χ0) is 28.6. The SMILES string of the molecule is CC(C)N(C(=O)c1c(OCCCCCOc2ccc(C=NN)cc2)cccc1OCCCCC(=O)O)C(C)C.Cl. The molecule has 10 heteroatoms. The van der Waals surface area contributed by atoms with Gasteiger partial charge in [0.15, 0.2) is 0 Å². The van der Waals surface area contributed by atoms with Crippen molar-refractivity contribution in [2.75, 3.05) is 19.8 Å². The molecule has 2 aromatic rings. The summed E-state index contributed by atoms with van der Waals surface area (Å²) < 4.78 is 17.9. The maximum absolute atomic E-state index is 13.7. The van der Waals surface area contributed by atoms with E-state index in [0.29, 0.717) is 49.7 Å². The minimum absolute atomic E-state index is 0. The number of carboxylic acid groups (broad SMARTS) is 1. The molecule has 0 fully saturated rings. The lowest BCUT2D eigenvalue weighted by atomic mass is 10.1. The monoisotopic (exact) mass is 577 g/mol. The molecule has 0 heterocycles. The van der Waals surface area contributed by atoms with Gasteiger partial charge in [-0.05, 0) is 102 Å². The number of aliphatic carboxylic acids is 1. The van der Waals surface area contributed by atoms with Crippen LogP contribution in [-0.2, 0) is 4.79 Å². The van der Waals surface area contributed by atoms with Crippen LogP contribution in [0.1, 0.15) is 82.1 Å². The molecule has 0 radical (unpaired) electrons. The van der Waals surface area contributed by atoms with Gasteiger partial charge in [0.1, 0.15) is 22.8 Å². The number of hydrogen-bond donors (Lipinski definition) is 2. The first kappa shape index (κ1) is 34.6. The Morgan fingerprint density at radius 1 is 0.850 bits per heavy atom. The Kier molecular flexibility index (Phi) is 16.2. The molecular formula is C30H44ClN3O6. The van der Waals surface area contributed by atoms with Crippen LogP contribution in [0.15, 0.2) is 47.6 Å². The molecule has 0 bridgehead atoms. The van der Waals surface area contributed by atoms with Crippen LogP contribution in [0.4, 0.5) is 0 Å². The summed E-state index contributed by atoms with van der Waals surface area (Å²) in [6, 6.07) is 12.9. The van der Waals surface area contributed by atoms with Crippen molar-refractivity contribution in [3.05, 3.63) is 53.6 Å². The third kappa shape index (κ3) is 11.7. The standard InChI is InChI=1S/C30H43N3O6.ClH/c1-22(2)33(23(3)4)30(36)29-26(11-10-12-27(29)39-20-9-6-13-28(34)35)38-19-8-5-7-18-37-25-16-14-24(15-17-25)21-32-31;/h10-12,14-17,21-23H,5-9,13,18-20,31H2,1-4H3,(H,34,35);1H.